The standard InChI is InChI=1S/C25H23N3O4/c1-15-10-16(2)12-19(11-15)26-23(29)14-32-25(30)18-6-9-21-22(13-18)28-24(27-21)17-4-7-20(31-3)8-5-17/h4-13H,14H2,1-3H3,(H,26,29)(H,27,28). The van der Waals surface area contributed by atoms with Crippen molar-refractivity contribution in [1.82, 2.24) is 9.97 Å². The molecule has 7 nitrogen and oxygen atoms in total. The monoisotopic (exact) mass is 429 g/mol. The number of ether oxygens (including phenoxy) is 2. The number of methoxy groups -OCH3 is 1. The normalized spacial score (nSPS) is 10.7. The van der Waals surface area contributed by atoms with Gasteiger partial charge in [-0.1, -0.05) is 6.07 Å². The number of H-pyrrole nitrogens is 1. The zero-order valence-electron chi connectivity index (χ0n) is 18.1. The molecule has 2 N–H and O–H groups in total. The summed E-state index contributed by atoms with van der Waals surface area (Å²) in [6.07, 6.45) is 0. The number of fused-ring (bicyclic) bond motifs is 1. The first kappa shape index (κ1) is 21.1. The molecule has 1 amide bonds. The highest BCUT2D eigenvalue weighted by Crippen LogP contribution is 2.23. The first-order chi connectivity index (χ1) is 15.4. The average Bonchev–Trinajstić information content (AvgIpc) is 3.20. The molecular formula is C25H23N3O4. The Balaban J connectivity index is 1.42. The summed E-state index contributed by atoms with van der Waals surface area (Å²) in [5.74, 6) is 0.466. The van der Waals surface area contributed by atoms with E-state index >= 15 is 0 Å². The van der Waals surface area contributed by atoms with Crippen molar-refractivity contribution in [3.63, 3.8) is 0 Å². The van der Waals surface area contributed by atoms with E-state index in [-0.39, 0.29) is 6.61 Å². The van der Waals surface area contributed by atoms with Gasteiger partial charge < -0.3 is 19.8 Å². The van der Waals surface area contributed by atoms with E-state index in [1.165, 1.54) is 0 Å². The van der Waals surface area contributed by atoms with Crippen molar-refractivity contribution in [2.75, 3.05) is 19.0 Å². The number of aromatic nitrogens is 2. The zero-order valence-corrected chi connectivity index (χ0v) is 18.1. The van der Waals surface area contributed by atoms with Crippen molar-refractivity contribution in [2.45, 2.75) is 13.8 Å². The SMILES string of the molecule is COc1ccc(-c2nc3ccc(C(=O)OCC(=O)Nc4cc(C)cc(C)c4)cc3[nH]2)cc1. The van der Waals surface area contributed by atoms with Gasteiger partial charge in [-0.2, -0.15) is 0 Å². The molecule has 0 fully saturated rings. The molecule has 4 rings (SSSR count). The lowest BCUT2D eigenvalue weighted by molar-refractivity contribution is -0.119. The van der Waals surface area contributed by atoms with Crippen LogP contribution in [0.25, 0.3) is 22.4 Å². The first-order valence-electron chi connectivity index (χ1n) is 10.1. The van der Waals surface area contributed by atoms with Gasteiger partial charge in [0.25, 0.3) is 5.91 Å². The molecule has 0 aliphatic carbocycles. The van der Waals surface area contributed by atoms with Crippen molar-refractivity contribution in [1.29, 1.82) is 0 Å². The number of nitrogens with one attached hydrogen (secondary N) is 2. The van der Waals surface area contributed by atoms with Crippen LogP contribution in [0.5, 0.6) is 5.75 Å². The number of benzene rings is 3. The van der Waals surface area contributed by atoms with Crippen molar-refractivity contribution in [3.8, 4) is 17.1 Å². The summed E-state index contributed by atoms with van der Waals surface area (Å²) < 4.78 is 10.4. The number of aryl methyl sites for hydroxylation is 2. The van der Waals surface area contributed by atoms with Gasteiger partial charge in [0, 0.05) is 11.3 Å². The second-order valence-electron chi connectivity index (χ2n) is 7.55. The molecular weight excluding hydrogens is 406 g/mol. The number of amides is 1. The molecule has 0 radical (unpaired) electrons. The van der Waals surface area contributed by atoms with Crippen LogP contribution in [0, 0.1) is 13.8 Å². The summed E-state index contributed by atoms with van der Waals surface area (Å²) >= 11 is 0. The number of hydrogen-bond donors (Lipinski definition) is 2. The molecule has 0 aliphatic rings. The minimum atomic E-state index is -0.580. The van der Waals surface area contributed by atoms with Gasteiger partial charge in [-0.05, 0) is 79.6 Å². The number of aromatic amines is 1. The van der Waals surface area contributed by atoms with E-state index in [9.17, 15) is 9.59 Å². The van der Waals surface area contributed by atoms with Gasteiger partial charge >= 0.3 is 5.97 Å². The van der Waals surface area contributed by atoms with E-state index in [4.69, 9.17) is 9.47 Å². The molecule has 7 heteroatoms. The molecule has 0 saturated carbocycles. The van der Waals surface area contributed by atoms with Gasteiger partial charge in [0.1, 0.15) is 11.6 Å². The van der Waals surface area contributed by atoms with E-state index in [1.54, 1.807) is 25.3 Å². The third-order valence-corrected chi connectivity index (χ3v) is 4.92. The molecule has 1 aromatic heterocycles. The summed E-state index contributed by atoms with van der Waals surface area (Å²) in [6.45, 7) is 3.53. The third kappa shape index (κ3) is 4.78. The van der Waals surface area contributed by atoms with Gasteiger partial charge in [0.05, 0.1) is 23.7 Å². The van der Waals surface area contributed by atoms with Crippen LogP contribution in [0.2, 0.25) is 0 Å². The van der Waals surface area contributed by atoms with Crippen LogP contribution in [-0.2, 0) is 9.53 Å². The number of hydrogen-bond acceptors (Lipinski definition) is 5. The van der Waals surface area contributed by atoms with Gasteiger partial charge in [-0.25, -0.2) is 9.78 Å². The molecule has 1 heterocycles. The van der Waals surface area contributed by atoms with Gasteiger partial charge in [0.2, 0.25) is 0 Å². The fourth-order valence-electron chi connectivity index (χ4n) is 3.48. The molecule has 162 valence electrons. The van der Waals surface area contributed by atoms with Gasteiger partial charge in [0.15, 0.2) is 6.61 Å². The highest BCUT2D eigenvalue weighted by Gasteiger charge is 2.13. The van der Waals surface area contributed by atoms with Crippen LogP contribution in [-0.4, -0.2) is 35.6 Å². The minimum absolute atomic E-state index is 0.335. The number of carbonyl (C=O) groups excluding carboxylic acids is 2. The summed E-state index contributed by atoms with van der Waals surface area (Å²) in [6, 6.07) is 18.3. The lowest BCUT2D eigenvalue weighted by Gasteiger charge is -2.08. The topological polar surface area (TPSA) is 93.3 Å². The third-order valence-electron chi connectivity index (χ3n) is 4.92. The van der Waals surface area contributed by atoms with E-state index in [2.05, 4.69) is 15.3 Å². The van der Waals surface area contributed by atoms with Crippen LogP contribution in [0.15, 0.2) is 60.7 Å². The molecule has 0 unspecified atom stereocenters. The summed E-state index contributed by atoms with van der Waals surface area (Å²) in [5, 5.41) is 2.75. The Morgan fingerprint density at radius 1 is 0.969 bits per heavy atom. The lowest BCUT2D eigenvalue weighted by atomic mass is 10.1. The molecule has 0 saturated heterocycles. The Morgan fingerprint density at radius 3 is 2.38 bits per heavy atom. The second kappa shape index (κ2) is 8.93. The number of imidazole rings is 1. The lowest BCUT2D eigenvalue weighted by Crippen LogP contribution is -2.21. The minimum Gasteiger partial charge on any atom is -0.497 e. The van der Waals surface area contributed by atoms with Crippen molar-refractivity contribution < 1.29 is 19.1 Å². The van der Waals surface area contributed by atoms with Crippen LogP contribution in [0.3, 0.4) is 0 Å². The van der Waals surface area contributed by atoms with E-state index < -0.39 is 11.9 Å². The van der Waals surface area contributed by atoms with Gasteiger partial charge in [-0.3, -0.25) is 4.79 Å². The van der Waals surface area contributed by atoms with Crippen molar-refractivity contribution in [2.24, 2.45) is 0 Å². The highest BCUT2D eigenvalue weighted by molar-refractivity contribution is 5.97. The second-order valence-corrected chi connectivity index (χ2v) is 7.55. The molecule has 0 bridgehead atoms. The van der Waals surface area contributed by atoms with Crippen molar-refractivity contribution >= 4 is 28.6 Å². The summed E-state index contributed by atoms with van der Waals surface area (Å²) in [7, 11) is 1.62. The Hall–Kier alpha value is -4.13. The molecule has 0 spiro atoms. The predicted octanol–water partition coefficient (Wildman–Crippen LogP) is 4.65. The Labute approximate surface area is 185 Å². The highest BCUT2D eigenvalue weighted by atomic mass is 16.5. The molecule has 0 atom stereocenters. The summed E-state index contributed by atoms with van der Waals surface area (Å²) in [4.78, 5) is 32.4. The smallest absolute Gasteiger partial charge is 0.338 e. The zero-order chi connectivity index (χ0) is 22.7. The molecule has 3 aromatic carbocycles. The number of nitrogens with zero attached hydrogens (tertiary/aromatic N) is 1. The molecule has 0 aliphatic heterocycles. The van der Waals surface area contributed by atoms with Crippen LogP contribution in [0.1, 0.15) is 21.5 Å². The fourth-order valence-corrected chi connectivity index (χ4v) is 3.48. The maximum Gasteiger partial charge on any atom is 0.338 e. The predicted molar refractivity (Wildman–Crippen MR) is 123 cm³/mol. The largest absolute Gasteiger partial charge is 0.497 e. The van der Waals surface area contributed by atoms with Crippen LogP contribution in [0.4, 0.5) is 5.69 Å². The number of esters is 1. The van der Waals surface area contributed by atoms with Gasteiger partial charge in [-0.15, -0.1) is 0 Å². The van der Waals surface area contributed by atoms with E-state index in [0.717, 1.165) is 28.0 Å². The molecule has 4 aromatic rings. The average molecular weight is 429 g/mol. The Bertz CT molecular complexity index is 1270. The number of anilines is 1. The Kier molecular flexibility index (Phi) is 5.89. The number of carbonyl (C=O) groups is 2. The first-order valence-corrected chi connectivity index (χ1v) is 10.1. The van der Waals surface area contributed by atoms with Crippen LogP contribution >= 0.6 is 0 Å². The van der Waals surface area contributed by atoms with E-state index in [0.29, 0.717) is 22.6 Å². The van der Waals surface area contributed by atoms with Crippen molar-refractivity contribution in [3.05, 3.63) is 77.4 Å². The summed E-state index contributed by atoms with van der Waals surface area (Å²) in [5.41, 5.74) is 5.41. The van der Waals surface area contributed by atoms with Crippen LogP contribution < -0.4 is 10.1 Å². The quantitative estimate of drug-likeness (QED) is 0.435. The molecule has 32 heavy (non-hydrogen) atoms. The van der Waals surface area contributed by atoms with E-state index in [1.807, 2.05) is 56.3 Å². The maximum atomic E-state index is 12.5. The Morgan fingerprint density at radius 2 is 1.69 bits per heavy atom. The number of rotatable bonds is 6. The fraction of sp³-hybridized carbons (Fsp3) is 0.160. The maximum absolute atomic E-state index is 12.5.